The number of hydrogen-bond donors (Lipinski definition) is 2. The molecule has 0 aliphatic carbocycles. The van der Waals surface area contributed by atoms with Gasteiger partial charge in [0.25, 0.3) is 0 Å². The Hall–Kier alpha value is -3.35. The molecule has 7 heteroatoms. The van der Waals surface area contributed by atoms with Crippen LogP contribution < -0.4 is 4.74 Å². The van der Waals surface area contributed by atoms with Crippen LogP contribution in [0.5, 0.6) is 5.75 Å². The van der Waals surface area contributed by atoms with Gasteiger partial charge in [-0.15, -0.1) is 0 Å². The first-order chi connectivity index (χ1) is 15.9. The number of ether oxygens (including phenoxy) is 1. The number of fused-ring (bicyclic) bond motifs is 1. The number of aliphatic hydroxyl groups excluding tert-OH is 1. The molecule has 0 radical (unpaired) electrons. The van der Waals surface area contributed by atoms with Gasteiger partial charge in [-0.3, -0.25) is 0 Å². The highest BCUT2D eigenvalue weighted by Crippen LogP contribution is 2.26. The van der Waals surface area contributed by atoms with E-state index in [-0.39, 0.29) is 23.8 Å². The number of imidazole rings is 1. The van der Waals surface area contributed by atoms with Gasteiger partial charge in [0.2, 0.25) is 0 Å². The molecule has 170 valence electrons. The lowest BCUT2D eigenvalue weighted by Crippen LogP contribution is -2.05. The Labute approximate surface area is 197 Å². The number of aryl methyl sites for hydroxylation is 2. The summed E-state index contributed by atoms with van der Waals surface area (Å²) in [5.74, 6) is 0.606. The molecule has 2 N–H and O–H groups in total. The molecule has 0 aliphatic heterocycles. The summed E-state index contributed by atoms with van der Waals surface area (Å²) in [5.41, 5.74) is 5.72. The molecule has 1 aromatic heterocycles. The lowest BCUT2D eigenvalue weighted by Gasteiger charge is -2.12. The smallest absolute Gasteiger partial charge is 0.337 e. The van der Waals surface area contributed by atoms with E-state index in [0.29, 0.717) is 17.9 Å². The van der Waals surface area contributed by atoms with Crippen LogP contribution in [0.4, 0.5) is 0 Å². The standard InChI is InChI=1S/C26H25ClN2O4/c1-3-23-28-22-12-18(14-30)11-16(2)25(22)29(23)13-17-7-9-20(10-8-17)33-15-19-5-4-6-21(24(19)27)26(31)32/h4-12,30H,3,13-15H2,1-2H3,(H,31,32). The summed E-state index contributed by atoms with van der Waals surface area (Å²) in [6, 6.07) is 16.6. The van der Waals surface area contributed by atoms with E-state index in [1.165, 1.54) is 6.07 Å². The van der Waals surface area contributed by atoms with Crippen molar-refractivity contribution < 1.29 is 19.7 Å². The summed E-state index contributed by atoms with van der Waals surface area (Å²) < 4.78 is 8.06. The average molecular weight is 465 g/mol. The molecule has 3 aromatic carbocycles. The van der Waals surface area contributed by atoms with Crippen LogP contribution in [0.3, 0.4) is 0 Å². The van der Waals surface area contributed by atoms with E-state index in [0.717, 1.165) is 40.0 Å². The van der Waals surface area contributed by atoms with Crippen LogP contribution in [0.25, 0.3) is 11.0 Å². The molecule has 33 heavy (non-hydrogen) atoms. The lowest BCUT2D eigenvalue weighted by molar-refractivity contribution is 0.0697. The maximum atomic E-state index is 11.3. The number of nitrogens with zero attached hydrogens (tertiary/aromatic N) is 2. The summed E-state index contributed by atoms with van der Waals surface area (Å²) in [6.45, 7) is 4.98. The molecule has 0 saturated carbocycles. The summed E-state index contributed by atoms with van der Waals surface area (Å²) in [5, 5.41) is 18.9. The molecule has 0 spiro atoms. The minimum Gasteiger partial charge on any atom is -0.489 e. The molecule has 4 rings (SSSR count). The Morgan fingerprint density at radius 3 is 2.55 bits per heavy atom. The van der Waals surface area contributed by atoms with Crippen molar-refractivity contribution in [2.75, 3.05) is 0 Å². The Kier molecular flexibility index (Phi) is 6.67. The first-order valence-corrected chi connectivity index (χ1v) is 11.1. The fourth-order valence-corrected chi connectivity index (χ4v) is 4.28. The van der Waals surface area contributed by atoms with Crippen molar-refractivity contribution in [3.63, 3.8) is 0 Å². The molecule has 0 bridgehead atoms. The zero-order chi connectivity index (χ0) is 23.5. The molecular formula is C26H25ClN2O4. The topological polar surface area (TPSA) is 84.6 Å². The fourth-order valence-electron chi connectivity index (χ4n) is 4.02. The van der Waals surface area contributed by atoms with Crippen molar-refractivity contribution in [3.8, 4) is 5.75 Å². The normalized spacial score (nSPS) is 11.2. The zero-order valence-electron chi connectivity index (χ0n) is 18.5. The van der Waals surface area contributed by atoms with Crippen molar-refractivity contribution in [1.29, 1.82) is 0 Å². The third kappa shape index (κ3) is 4.72. The number of carboxylic acids is 1. The van der Waals surface area contributed by atoms with Gasteiger partial charge in [-0.2, -0.15) is 0 Å². The molecule has 0 fully saturated rings. The maximum absolute atomic E-state index is 11.3. The number of aromatic carboxylic acids is 1. The second-order valence-electron chi connectivity index (χ2n) is 7.92. The quantitative estimate of drug-likeness (QED) is 0.366. The third-order valence-electron chi connectivity index (χ3n) is 5.64. The van der Waals surface area contributed by atoms with Gasteiger partial charge in [0.05, 0.1) is 28.2 Å². The summed E-state index contributed by atoms with van der Waals surface area (Å²) in [6.07, 6.45) is 0.805. The number of benzene rings is 3. The van der Waals surface area contributed by atoms with E-state index in [4.69, 9.17) is 21.3 Å². The number of carbonyl (C=O) groups is 1. The molecule has 4 aromatic rings. The molecular weight excluding hydrogens is 440 g/mol. The van der Waals surface area contributed by atoms with Crippen LogP contribution >= 0.6 is 11.6 Å². The molecule has 0 saturated heterocycles. The number of aliphatic hydroxyl groups is 1. The second-order valence-corrected chi connectivity index (χ2v) is 8.30. The summed E-state index contributed by atoms with van der Waals surface area (Å²) >= 11 is 6.20. The first-order valence-electron chi connectivity index (χ1n) is 10.7. The highest BCUT2D eigenvalue weighted by atomic mass is 35.5. The Morgan fingerprint density at radius 2 is 1.88 bits per heavy atom. The monoisotopic (exact) mass is 464 g/mol. The van der Waals surface area contributed by atoms with E-state index >= 15 is 0 Å². The van der Waals surface area contributed by atoms with Crippen LogP contribution in [0.15, 0.2) is 54.6 Å². The van der Waals surface area contributed by atoms with Crippen molar-refractivity contribution in [3.05, 3.63) is 93.3 Å². The van der Waals surface area contributed by atoms with Gasteiger partial charge in [0.1, 0.15) is 18.2 Å². The van der Waals surface area contributed by atoms with E-state index in [1.54, 1.807) is 12.1 Å². The predicted molar refractivity (Wildman–Crippen MR) is 128 cm³/mol. The fraction of sp³-hybridized carbons (Fsp3) is 0.231. The molecule has 1 heterocycles. The van der Waals surface area contributed by atoms with Crippen molar-refractivity contribution in [2.24, 2.45) is 0 Å². The van der Waals surface area contributed by atoms with Crippen LogP contribution in [-0.2, 0) is 26.2 Å². The number of hydrogen-bond acceptors (Lipinski definition) is 4. The Morgan fingerprint density at radius 1 is 1.12 bits per heavy atom. The minimum absolute atomic E-state index is 0.00161. The van der Waals surface area contributed by atoms with Gasteiger partial charge in [-0.25, -0.2) is 9.78 Å². The molecule has 0 unspecified atom stereocenters. The van der Waals surface area contributed by atoms with Gasteiger partial charge in [0.15, 0.2) is 0 Å². The average Bonchev–Trinajstić information content (AvgIpc) is 3.16. The third-order valence-corrected chi connectivity index (χ3v) is 6.08. The lowest BCUT2D eigenvalue weighted by atomic mass is 10.1. The van der Waals surface area contributed by atoms with Gasteiger partial charge in [0, 0.05) is 18.5 Å². The van der Waals surface area contributed by atoms with Crippen LogP contribution in [0.2, 0.25) is 5.02 Å². The van der Waals surface area contributed by atoms with Crippen molar-refractivity contribution in [2.45, 2.75) is 40.0 Å². The summed E-state index contributed by atoms with van der Waals surface area (Å²) in [7, 11) is 0. The van der Waals surface area contributed by atoms with Gasteiger partial charge in [-0.05, 0) is 47.9 Å². The van der Waals surface area contributed by atoms with Crippen LogP contribution in [0.1, 0.15) is 45.4 Å². The van der Waals surface area contributed by atoms with Crippen LogP contribution in [-0.4, -0.2) is 25.7 Å². The number of halogens is 1. The number of carboxylic acid groups (broad SMARTS) is 1. The summed E-state index contributed by atoms with van der Waals surface area (Å²) in [4.78, 5) is 16.0. The first kappa shape index (κ1) is 22.8. The van der Waals surface area contributed by atoms with Gasteiger partial charge in [-0.1, -0.05) is 48.9 Å². The molecule has 0 atom stereocenters. The van der Waals surface area contributed by atoms with Crippen LogP contribution in [0, 0.1) is 6.92 Å². The minimum atomic E-state index is -1.06. The molecule has 0 aliphatic rings. The maximum Gasteiger partial charge on any atom is 0.337 e. The second kappa shape index (κ2) is 9.65. The van der Waals surface area contributed by atoms with E-state index < -0.39 is 5.97 Å². The number of aromatic nitrogens is 2. The predicted octanol–water partition coefficient (Wildman–Crippen LogP) is 5.38. The number of rotatable bonds is 8. The SMILES string of the molecule is CCc1nc2cc(CO)cc(C)c2n1Cc1ccc(OCc2cccc(C(=O)O)c2Cl)cc1. The van der Waals surface area contributed by atoms with E-state index in [2.05, 4.69) is 11.5 Å². The van der Waals surface area contributed by atoms with Gasteiger partial charge >= 0.3 is 5.97 Å². The Bertz CT molecular complexity index is 1310. The largest absolute Gasteiger partial charge is 0.489 e. The van der Waals surface area contributed by atoms with Crippen molar-refractivity contribution in [1.82, 2.24) is 9.55 Å². The van der Waals surface area contributed by atoms with E-state index in [9.17, 15) is 15.0 Å². The van der Waals surface area contributed by atoms with Gasteiger partial charge < -0.3 is 19.5 Å². The highest BCUT2D eigenvalue weighted by Gasteiger charge is 2.14. The Balaban J connectivity index is 1.52. The molecule has 0 amide bonds. The zero-order valence-corrected chi connectivity index (χ0v) is 19.3. The van der Waals surface area contributed by atoms with E-state index in [1.807, 2.05) is 43.3 Å². The van der Waals surface area contributed by atoms with Crippen molar-refractivity contribution >= 4 is 28.6 Å². The molecule has 6 nitrogen and oxygen atoms in total. The highest BCUT2D eigenvalue weighted by molar-refractivity contribution is 6.34.